The van der Waals surface area contributed by atoms with Crippen molar-refractivity contribution in [3.8, 4) is 23.0 Å². The van der Waals surface area contributed by atoms with E-state index in [2.05, 4.69) is 13.8 Å². The van der Waals surface area contributed by atoms with E-state index >= 15 is 0 Å². The van der Waals surface area contributed by atoms with Crippen molar-refractivity contribution in [3.63, 3.8) is 0 Å². The van der Waals surface area contributed by atoms with Crippen LogP contribution in [0.25, 0.3) is 0 Å². The van der Waals surface area contributed by atoms with Crippen LogP contribution in [0.3, 0.4) is 0 Å². The van der Waals surface area contributed by atoms with Crippen molar-refractivity contribution in [1.82, 2.24) is 0 Å². The van der Waals surface area contributed by atoms with Crippen LogP contribution in [-0.4, -0.2) is 25.2 Å². The van der Waals surface area contributed by atoms with Gasteiger partial charge in [-0.15, -0.1) is 0 Å². The van der Waals surface area contributed by atoms with Gasteiger partial charge >= 0.3 is 217 Å². The first-order chi connectivity index (χ1) is 24.8. The zero-order valence-electron chi connectivity index (χ0n) is 30.8. The fraction of sp³-hybridized carbons (Fsp3) is 0.682. The van der Waals surface area contributed by atoms with Gasteiger partial charge in [0, 0.05) is 0 Å². The predicted molar refractivity (Wildman–Crippen MR) is 196 cm³/mol. The summed E-state index contributed by atoms with van der Waals surface area (Å²) in [5.41, 5.74) is 0. The van der Waals surface area contributed by atoms with E-state index in [9.17, 15) is 9.59 Å². The average Bonchev–Trinajstić information content (AvgIpc) is 4.09. The molecule has 10 fully saturated rings. The normalized spacial score (nSPS) is 48.6. The summed E-state index contributed by atoms with van der Waals surface area (Å²) < 4.78 is 24.1. The van der Waals surface area contributed by atoms with Gasteiger partial charge < -0.3 is 0 Å². The number of carbonyl (C=O) groups excluding carboxylic acids is 2. The summed E-state index contributed by atoms with van der Waals surface area (Å²) in [7, 11) is 0. The number of hydrogen-bond donors (Lipinski definition) is 0. The fourth-order valence-corrected chi connectivity index (χ4v) is 96.9. The van der Waals surface area contributed by atoms with Crippen molar-refractivity contribution in [2.24, 2.45) is 0 Å². The Morgan fingerprint density at radius 2 is 0.765 bits per heavy atom. The molecular formula is C44H58FeO6. The first-order valence-corrected chi connectivity index (χ1v) is 27.1. The second-order valence-electron chi connectivity index (χ2n) is 20.1. The van der Waals surface area contributed by atoms with E-state index in [1.54, 1.807) is 0 Å². The van der Waals surface area contributed by atoms with Gasteiger partial charge in [0.1, 0.15) is 0 Å². The molecule has 7 heteroatoms. The molecule has 6 nitrogen and oxygen atoms in total. The summed E-state index contributed by atoms with van der Waals surface area (Å²) in [6.45, 7) is 1.49. The zero-order valence-corrected chi connectivity index (χ0v) is 31.9. The van der Waals surface area contributed by atoms with Crippen molar-refractivity contribution >= 4 is 11.9 Å². The first kappa shape index (κ1) is 30.9. The Hall–Kier alpha value is -2.50. The van der Waals surface area contributed by atoms with Crippen molar-refractivity contribution in [3.05, 3.63) is 48.5 Å². The molecule has 0 saturated carbocycles. The average molecular weight is 739 g/mol. The molecule has 0 bridgehead atoms. The Bertz CT molecular complexity index is 1990. The molecule has 51 heavy (non-hydrogen) atoms. The summed E-state index contributed by atoms with van der Waals surface area (Å²) in [6.07, 6.45) is 20.5. The van der Waals surface area contributed by atoms with Gasteiger partial charge in [0.15, 0.2) is 0 Å². The third kappa shape index (κ3) is 1.21. The minimum absolute atomic E-state index is 0.0341. The third-order valence-electron chi connectivity index (χ3n) is 22.0. The number of esters is 2. The van der Waals surface area contributed by atoms with Gasteiger partial charge in [-0.25, -0.2) is 0 Å². The standard InChI is InChI=1S/2C22H29O3.Fe/c2*1-2-3-4-5-6-7-8-11-18-24-20-14-16-21(17-15-20)25-22(23)19-12-9-10-13-19;/h2*9-10,12-17H,2-8,11,18H2,1H3;. The van der Waals surface area contributed by atoms with Crippen LogP contribution in [0.1, 0.15) is 117 Å². The third-order valence-corrected chi connectivity index (χ3v) is 64.6. The van der Waals surface area contributed by atoms with E-state index < -0.39 is 6.51 Å². The number of carbonyl (C=O) groups is 2. The monoisotopic (exact) mass is 738 g/mol. The molecule has 10 aliphatic rings. The zero-order chi connectivity index (χ0) is 34.6. The number of hydrogen-bond acceptors (Lipinski definition) is 6. The number of benzene rings is 2. The van der Waals surface area contributed by atoms with E-state index in [0.717, 1.165) is 56.8 Å². The van der Waals surface area contributed by atoms with Crippen molar-refractivity contribution in [2.75, 3.05) is 13.2 Å². The Morgan fingerprint density at radius 3 is 1.08 bits per heavy atom. The molecule has 0 aliphatic carbocycles. The maximum absolute atomic E-state index is 14.4. The van der Waals surface area contributed by atoms with Crippen LogP contribution in [0.2, 0.25) is 47.2 Å². The molecule has 8 atom stereocenters. The quantitative estimate of drug-likeness (QED) is 0.0462. The van der Waals surface area contributed by atoms with Gasteiger partial charge in [0.05, 0.1) is 0 Å². The molecule has 0 amide bonds. The second-order valence-corrected chi connectivity index (χ2v) is 43.3. The Labute approximate surface area is 294 Å². The SMILES string of the molecule is CCCCCCCCCCOc1ccc(OC(=O)[C]23[CH]4[CH]5[CH]6[CH]2[Fe]56432789[CH]3[CH]2[CH]7[C]8(C(=O)Oc2ccc(OCCCCCCCCCC)cc2)[CH]39)cc1. The molecule has 12 rings (SSSR count). The molecule has 10 saturated heterocycles. The van der Waals surface area contributed by atoms with Gasteiger partial charge in [-0.1, -0.05) is 78.1 Å². The summed E-state index contributed by atoms with van der Waals surface area (Å²) in [6, 6.07) is 15.4. The van der Waals surface area contributed by atoms with Gasteiger partial charge in [0.2, 0.25) is 0 Å². The second kappa shape index (κ2) is 6.42. The summed E-state index contributed by atoms with van der Waals surface area (Å²) in [5.74, 6) is 2.98. The minimum atomic E-state index is -4.47. The number of fused-ring (bicyclic) bond motifs is 10. The van der Waals surface area contributed by atoms with Crippen LogP contribution in [0.4, 0.5) is 0 Å². The Balaban J connectivity index is 0.664. The van der Waals surface area contributed by atoms with Crippen molar-refractivity contribution < 1.29 is 35.0 Å². The van der Waals surface area contributed by atoms with Crippen LogP contribution in [-0.2, 0) is 16.1 Å². The maximum atomic E-state index is 14.4. The van der Waals surface area contributed by atoms with E-state index in [1.807, 2.05) is 48.5 Å². The molecule has 2 aromatic rings. The molecule has 8 unspecified atom stereocenters. The van der Waals surface area contributed by atoms with Crippen molar-refractivity contribution in [2.45, 2.75) is 164 Å². The summed E-state index contributed by atoms with van der Waals surface area (Å²) in [5, 5.41) is 0. The number of rotatable bonds is 24. The molecule has 0 radical (unpaired) electrons. The van der Waals surface area contributed by atoms with Gasteiger partial charge in [-0.3, -0.25) is 0 Å². The molecule has 278 valence electrons. The fourth-order valence-electron chi connectivity index (χ4n) is 22.1. The van der Waals surface area contributed by atoms with Crippen LogP contribution >= 0.6 is 0 Å². The molecular weight excluding hydrogens is 680 g/mol. The number of unbranched alkanes of at least 4 members (excludes halogenated alkanes) is 14. The molecule has 1 spiro atoms. The number of ether oxygens (including phenoxy) is 4. The van der Waals surface area contributed by atoms with E-state index in [0.29, 0.717) is 30.8 Å². The predicted octanol–water partition coefficient (Wildman–Crippen LogP) is 12.4. The van der Waals surface area contributed by atoms with Gasteiger partial charge in [-0.05, 0) is 0 Å². The van der Waals surface area contributed by atoms with Crippen molar-refractivity contribution in [1.29, 1.82) is 0 Å². The molecule has 0 N–H and O–H groups in total. The van der Waals surface area contributed by atoms with Crippen LogP contribution in [0.5, 0.6) is 23.0 Å². The topological polar surface area (TPSA) is 71.1 Å². The van der Waals surface area contributed by atoms with E-state index in [-0.39, 0.29) is 20.6 Å². The molecule has 10 heterocycles. The van der Waals surface area contributed by atoms with Gasteiger partial charge in [-0.2, -0.15) is 0 Å². The molecule has 10 aliphatic heterocycles. The van der Waals surface area contributed by atoms with E-state index in [4.69, 9.17) is 18.9 Å². The first-order valence-electron chi connectivity index (χ1n) is 20.9. The van der Waals surface area contributed by atoms with Gasteiger partial charge in [0.25, 0.3) is 0 Å². The van der Waals surface area contributed by atoms with Crippen LogP contribution < -0.4 is 18.9 Å². The Morgan fingerprint density at radius 1 is 0.471 bits per heavy atom. The molecule has 2 aromatic carbocycles. The van der Waals surface area contributed by atoms with Crippen LogP contribution in [0.15, 0.2) is 48.5 Å². The summed E-state index contributed by atoms with van der Waals surface area (Å²) in [4.78, 5) is 34.0. The van der Waals surface area contributed by atoms with Crippen LogP contribution in [0, 0.1) is 0 Å². The Kier molecular flexibility index (Phi) is 3.89. The summed E-state index contributed by atoms with van der Waals surface area (Å²) >= 11 is 0. The van der Waals surface area contributed by atoms with E-state index in [1.165, 1.54) is 89.9 Å². The molecule has 0 aromatic heterocycles.